The molecule has 1 saturated heterocycles. The van der Waals surface area contributed by atoms with Gasteiger partial charge in [-0.1, -0.05) is 36.4 Å². The van der Waals surface area contributed by atoms with Gasteiger partial charge in [0.25, 0.3) is 5.91 Å². The predicted octanol–water partition coefficient (Wildman–Crippen LogP) is 4.57. The van der Waals surface area contributed by atoms with Gasteiger partial charge in [-0.05, 0) is 43.5 Å². The summed E-state index contributed by atoms with van der Waals surface area (Å²) in [6, 6.07) is 9.77. The van der Waals surface area contributed by atoms with E-state index >= 15 is 0 Å². The van der Waals surface area contributed by atoms with Crippen molar-refractivity contribution in [3.05, 3.63) is 64.7 Å². The van der Waals surface area contributed by atoms with E-state index in [9.17, 15) is 14.7 Å². The molecule has 1 amide bonds. The number of piperidine rings is 1. The fourth-order valence-electron chi connectivity index (χ4n) is 3.49. The summed E-state index contributed by atoms with van der Waals surface area (Å²) in [6.07, 6.45) is 4.83. The number of likely N-dealkylation sites (tertiary alicyclic amines) is 1. The first-order chi connectivity index (χ1) is 13.6. The molecule has 0 aromatic heterocycles. The second-order valence-electron chi connectivity index (χ2n) is 6.67. The number of hydrogen-bond donors (Lipinski definition) is 1. The minimum Gasteiger partial charge on any atom is -0.507 e. The first-order valence-electron chi connectivity index (χ1n) is 9.18. The van der Waals surface area contributed by atoms with Gasteiger partial charge in [0.1, 0.15) is 18.1 Å². The third-order valence-corrected chi connectivity index (χ3v) is 5.30. The lowest BCUT2D eigenvalue weighted by atomic mass is 9.99. The van der Waals surface area contributed by atoms with Crippen LogP contribution in [0.3, 0.4) is 0 Å². The summed E-state index contributed by atoms with van der Waals surface area (Å²) < 4.78 is 5.92. The summed E-state index contributed by atoms with van der Waals surface area (Å²) >= 11 is 6.08. The Morgan fingerprint density at radius 3 is 2.79 bits per heavy atom. The number of carbonyl (C=O) groups is 2. The number of rotatable bonds is 6. The molecule has 0 radical (unpaired) electrons. The Balaban J connectivity index is 1.81. The second-order valence-corrected chi connectivity index (χ2v) is 7.08. The lowest BCUT2D eigenvalue weighted by molar-refractivity contribution is 0.0526. The van der Waals surface area contributed by atoms with Crippen LogP contribution in [0.4, 0.5) is 0 Å². The number of amides is 1. The number of hydrogen-bond acceptors (Lipinski definition) is 4. The van der Waals surface area contributed by atoms with Gasteiger partial charge in [0.05, 0.1) is 22.2 Å². The maximum Gasteiger partial charge on any atom is 0.255 e. The molecule has 0 spiro atoms. The highest BCUT2D eigenvalue weighted by molar-refractivity contribution is 6.33. The van der Waals surface area contributed by atoms with Gasteiger partial charge in [0.15, 0.2) is 6.29 Å². The van der Waals surface area contributed by atoms with E-state index in [0.717, 1.165) is 19.3 Å². The topological polar surface area (TPSA) is 66.8 Å². The number of phenols is 1. The highest BCUT2D eigenvalue weighted by Gasteiger charge is 2.30. The zero-order chi connectivity index (χ0) is 20.1. The molecule has 5 nitrogen and oxygen atoms in total. The van der Waals surface area contributed by atoms with Gasteiger partial charge in [0.2, 0.25) is 0 Å². The molecule has 1 atom stereocenters. The van der Waals surface area contributed by atoms with Crippen molar-refractivity contribution in [3.63, 3.8) is 0 Å². The first kappa shape index (κ1) is 20.0. The average Bonchev–Trinajstić information content (AvgIpc) is 2.71. The SMILES string of the molecule is C=Cc1c(O)cccc1OC[C@@H]1CCCCN1C(=O)c1cccc(Cl)c1C=O. The van der Waals surface area contributed by atoms with Crippen LogP contribution in [0.2, 0.25) is 5.02 Å². The Labute approximate surface area is 169 Å². The third-order valence-electron chi connectivity index (χ3n) is 4.97. The van der Waals surface area contributed by atoms with E-state index in [2.05, 4.69) is 6.58 Å². The molecule has 0 aliphatic carbocycles. The van der Waals surface area contributed by atoms with Crippen molar-refractivity contribution < 1.29 is 19.4 Å². The van der Waals surface area contributed by atoms with Crippen molar-refractivity contribution in [2.75, 3.05) is 13.2 Å². The third kappa shape index (κ3) is 4.04. The van der Waals surface area contributed by atoms with Crippen LogP contribution < -0.4 is 4.74 Å². The molecule has 6 heteroatoms. The summed E-state index contributed by atoms with van der Waals surface area (Å²) in [5.74, 6) is 0.390. The fourth-order valence-corrected chi connectivity index (χ4v) is 3.71. The van der Waals surface area contributed by atoms with Gasteiger partial charge < -0.3 is 14.7 Å². The zero-order valence-corrected chi connectivity index (χ0v) is 16.2. The van der Waals surface area contributed by atoms with Crippen LogP contribution in [0.5, 0.6) is 11.5 Å². The number of carbonyl (C=O) groups excluding carboxylic acids is 2. The fraction of sp³-hybridized carbons (Fsp3) is 0.273. The van der Waals surface area contributed by atoms with Crippen LogP contribution in [0.15, 0.2) is 43.0 Å². The van der Waals surface area contributed by atoms with E-state index in [4.69, 9.17) is 16.3 Å². The molecule has 2 aromatic carbocycles. The Kier molecular flexibility index (Phi) is 6.37. The van der Waals surface area contributed by atoms with Crippen molar-refractivity contribution in [2.45, 2.75) is 25.3 Å². The van der Waals surface area contributed by atoms with Gasteiger partial charge >= 0.3 is 0 Å². The summed E-state index contributed by atoms with van der Waals surface area (Å²) in [6.45, 7) is 4.58. The number of benzene rings is 2. The maximum atomic E-state index is 13.1. The highest BCUT2D eigenvalue weighted by atomic mass is 35.5. The Morgan fingerprint density at radius 2 is 2.04 bits per heavy atom. The predicted molar refractivity (Wildman–Crippen MR) is 109 cm³/mol. The van der Waals surface area contributed by atoms with E-state index in [1.165, 1.54) is 6.08 Å². The Bertz CT molecular complexity index is 896. The Hall–Kier alpha value is -2.79. The largest absolute Gasteiger partial charge is 0.507 e. The van der Waals surface area contributed by atoms with Crippen molar-refractivity contribution in [3.8, 4) is 11.5 Å². The van der Waals surface area contributed by atoms with E-state index in [0.29, 0.717) is 29.7 Å². The average molecular weight is 400 g/mol. The van der Waals surface area contributed by atoms with Crippen LogP contribution in [0.25, 0.3) is 6.08 Å². The summed E-state index contributed by atoms with van der Waals surface area (Å²) in [5, 5.41) is 10.2. The van der Waals surface area contributed by atoms with Gasteiger partial charge in [-0.25, -0.2) is 0 Å². The molecular weight excluding hydrogens is 378 g/mol. The van der Waals surface area contributed by atoms with Gasteiger partial charge in [0, 0.05) is 12.1 Å². The number of halogens is 1. The number of aldehydes is 1. The van der Waals surface area contributed by atoms with Gasteiger partial charge in [-0.15, -0.1) is 0 Å². The van der Waals surface area contributed by atoms with Gasteiger partial charge in [-0.3, -0.25) is 9.59 Å². The molecule has 1 aliphatic heterocycles. The second kappa shape index (κ2) is 8.93. The Morgan fingerprint density at radius 1 is 1.25 bits per heavy atom. The lowest BCUT2D eigenvalue weighted by Gasteiger charge is -2.36. The molecule has 28 heavy (non-hydrogen) atoms. The number of nitrogens with zero attached hydrogens (tertiary/aromatic N) is 1. The standard InChI is InChI=1S/C22H22ClNO4/c1-2-16-20(26)10-6-11-21(16)28-14-15-7-3-4-12-24(15)22(27)17-8-5-9-19(23)18(17)13-25/h2,5-6,8-11,13,15,26H,1,3-4,7,12,14H2/t15-/m0/s1. The molecule has 0 bridgehead atoms. The quantitative estimate of drug-likeness (QED) is 0.722. The van der Waals surface area contributed by atoms with Gasteiger partial charge in [-0.2, -0.15) is 0 Å². The number of phenolic OH excluding ortho intramolecular Hbond substituents is 1. The zero-order valence-electron chi connectivity index (χ0n) is 15.4. The summed E-state index contributed by atoms with van der Waals surface area (Å²) in [5.41, 5.74) is 1.04. The van der Waals surface area contributed by atoms with Crippen molar-refractivity contribution >= 4 is 29.9 Å². The van der Waals surface area contributed by atoms with Crippen LogP contribution >= 0.6 is 11.6 Å². The number of aromatic hydroxyl groups is 1. The normalized spacial score (nSPS) is 16.5. The van der Waals surface area contributed by atoms with E-state index < -0.39 is 0 Å². The highest BCUT2D eigenvalue weighted by Crippen LogP contribution is 2.30. The van der Waals surface area contributed by atoms with E-state index in [1.807, 2.05) is 0 Å². The summed E-state index contributed by atoms with van der Waals surface area (Å²) in [7, 11) is 0. The smallest absolute Gasteiger partial charge is 0.255 e. The molecule has 1 fully saturated rings. The molecular formula is C22H22ClNO4. The van der Waals surface area contributed by atoms with Crippen LogP contribution in [0.1, 0.15) is 45.5 Å². The van der Waals surface area contributed by atoms with Crippen LogP contribution in [0, 0.1) is 0 Å². The van der Waals surface area contributed by atoms with E-state index in [1.54, 1.807) is 41.3 Å². The molecule has 1 aliphatic rings. The van der Waals surface area contributed by atoms with Crippen molar-refractivity contribution in [1.82, 2.24) is 4.90 Å². The molecule has 146 valence electrons. The van der Waals surface area contributed by atoms with Crippen LogP contribution in [-0.4, -0.2) is 41.4 Å². The molecule has 3 rings (SSSR count). The summed E-state index contributed by atoms with van der Waals surface area (Å²) in [4.78, 5) is 26.3. The lowest BCUT2D eigenvalue weighted by Crippen LogP contribution is -2.47. The molecule has 0 saturated carbocycles. The number of ether oxygens (including phenoxy) is 1. The van der Waals surface area contributed by atoms with Crippen molar-refractivity contribution in [1.29, 1.82) is 0 Å². The van der Waals surface area contributed by atoms with E-state index in [-0.39, 0.29) is 34.9 Å². The molecule has 2 aromatic rings. The van der Waals surface area contributed by atoms with Crippen LogP contribution in [-0.2, 0) is 0 Å². The molecule has 1 heterocycles. The minimum atomic E-state index is -0.224. The van der Waals surface area contributed by atoms with Crippen molar-refractivity contribution in [2.24, 2.45) is 0 Å². The monoisotopic (exact) mass is 399 g/mol. The first-order valence-corrected chi connectivity index (χ1v) is 9.56. The minimum absolute atomic E-state index is 0.0960. The molecule has 0 unspecified atom stereocenters. The maximum absolute atomic E-state index is 13.1. The molecule has 1 N–H and O–H groups in total.